The molecule has 1 amide bonds. The monoisotopic (exact) mass is 242 g/mol. The predicted molar refractivity (Wildman–Crippen MR) is 68.8 cm³/mol. The van der Waals surface area contributed by atoms with E-state index in [4.69, 9.17) is 0 Å². The van der Waals surface area contributed by atoms with Crippen LogP contribution in [0.3, 0.4) is 0 Å². The summed E-state index contributed by atoms with van der Waals surface area (Å²) in [6, 6.07) is 0.539. The number of nitrogens with zero attached hydrogens (tertiary/aromatic N) is 1. The average molecular weight is 242 g/mol. The third-order valence-electron chi connectivity index (χ3n) is 3.64. The molecule has 0 radical (unpaired) electrons. The molecule has 16 heavy (non-hydrogen) atoms. The molecule has 2 aliphatic rings. The quantitative estimate of drug-likeness (QED) is 0.813. The maximum Gasteiger partial charge on any atom is 0.224 e. The van der Waals surface area contributed by atoms with Gasteiger partial charge >= 0.3 is 0 Å². The van der Waals surface area contributed by atoms with Crippen molar-refractivity contribution in [1.29, 1.82) is 0 Å². The molecule has 4 heteroatoms. The maximum absolute atomic E-state index is 12.1. The van der Waals surface area contributed by atoms with Gasteiger partial charge < -0.3 is 10.2 Å². The first kappa shape index (κ1) is 12.2. The minimum atomic E-state index is 0.353. The Labute approximate surface area is 102 Å². The van der Waals surface area contributed by atoms with Crippen molar-refractivity contribution in [1.82, 2.24) is 10.2 Å². The van der Waals surface area contributed by atoms with Gasteiger partial charge in [-0.1, -0.05) is 12.8 Å². The SMILES string of the molecule is CNCCC(=O)N1CCSC2CCCCC21. The van der Waals surface area contributed by atoms with Gasteiger partial charge in [0.05, 0.1) is 0 Å². The lowest BCUT2D eigenvalue weighted by atomic mass is 9.93. The first-order chi connectivity index (χ1) is 7.83. The van der Waals surface area contributed by atoms with Crippen LogP contribution in [0.4, 0.5) is 0 Å². The van der Waals surface area contributed by atoms with Crippen molar-refractivity contribution < 1.29 is 4.79 Å². The Hall–Kier alpha value is -0.220. The lowest BCUT2D eigenvalue weighted by Gasteiger charge is -2.43. The van der Waals surface area contributed by atoms with E-state index in [1.54, 1.807) is 0 Å². The first-order valence-corrected chi connectivity index (χ1v) is 7.43. The number of hydrogen-bond donors (Lipinski definition) is 1. The van der Waals surface area contributed by atoms with Crippen LogP contribution in [0, 0.1) is 0 Å². The van der Waals surface area contributed by atoms with E-state index in [1.165, 1.54) is 25.7 Å². The van der Waals surface area contributed by atoms with E-state index in [1.807, 2.05) is 7.05 Å². The molecular formula is C12H22N2OS. The molecule has 1 heterocycles. The van der Waals surface area contributed by atoms with Crippen LogP contribution in [-0.4, -0.2) is 48.0 Å². The number of thioether (sulfide) groups is 1. The summed E-state index contributed by atoms with van der Waals surface area (Å²) in [6.07, 6.45) is 5.85. The van der Waals surface area contributed by atoms with Gasteiger partial charge in [-0.25, -0.2) is 0 Å². The highest BCUT2D eigenvalue weighted by molar-refractivity contribution is 8.00. The van der Waals surface area contributed by atoms with E-state index in [2.05, 4.69) is 22.0 Å². The van der Waals surface area contributed by atoms with E-state index in [9.17, 15) is 4.79 Å². The molecule has 0 aromatic rings. The largest absolute Gasteiger partial charge is 0.338 e. The van der Waals surface area contributed by atoms with Crippen LogP contribution in [0.5, 0.6) is 0 Å². The van der Waals surface area contributed by atoms with Crippen molar-refractivity contribution in [3.63, 3.8) is 0 Å². The van der Waals surface area contributed by atoms with Gasteiger partial charge in [0.25, 0.3) is 0 Å². The summed E-state index contributed by atoms with van der Waals surface area (Å²) < 4.78 is 0. The van der Waals surface area contributed by atoms with E-state index < -0.39 is 0 Å². The fourth-order valence-corrected chi connectivity index (χ4v) is 4.23. The van der Waals surface area contributed by atoms with Gasteiger partial charge in [0, 0.05) is 36.6 Å². The highest BCUT2D eigenvalue weighted by Crippen LogP contribution is 2.35. The molecule has 2 fully saturated rings. The molecule has 3 nitrogen and oxygen atoms in total. The Morgan fingerprint density at radius 1 is 1.44 bits per heavy atom. The standard InChI is InChI=1S/C12H22N2OS/c1-13-7-6-12(15)14-8-9-16-11-5-3-2-4-10(11)14/h10-11,13H,2-9H2,1H3. The number of nitrogens with one attached hydrogen (secondary N) is 1. The van der Waals surface area contributed by atoms with E-state index in [-0.39, 0.29) is 0 Å². The Morgan fingerprint density at radius 2 is 2.25 bits per heavy atom. The lowest BCUT2D eigenvalue weighted by Crippen LogP contribution is -2.52. The van der Waals surface area contributed by atoms with Crippen molar-refractivity contribution in [2.45, 2.75) is 43.4 Å². The molecule has 2 atom stereocenters. The van der Waals surface area contributed by atoms with Crippen molar-refractivity contribution in [2.24, 2.45) is 0 Å². The van der Waals surface area contributed by atoms with Crippen LogP contribution in [0.1, 0.15) is 32.1 Å². The van der Waals surface area contributed by atoms with Gasteiger partial charge in [0.2, 0.25) is 5.91 Å². The second-order valence-electron chi connectivity index (χ2n) is 4.70. The predicted octanol–water partition coefficient (Wildman–Crippen LogP) is 1.48. The Morgan fingerprint density at radius 3 is 3.06 bits per heavy atom. The average Bonchev–Trinajstić information content (AvgIpc) is 2.35. The molecule has 1 aliphatic carbocycles. The number of rotatable bonds is 3. The smallest absolute Gasteiger partial charge is 0.224 e. The molecule has 1 saturated heterocycles. The summed E-state index contributed by atoms with van der Waals surface area (Å²) in [4.78, 5) is 14.3. The molecule has 1 saturated carbocycles. The fourth-order valence-electron chi connectivity index (χ4n) is 2.78. The fraction of sp³-hybridized carbons (Fsp3) is 0.917. The third-order valence-corrected chi connectivity index (χ3v) is 5.04. The number of hydrogen-bond acceptors (Lipinski definition) is 3. The third kappa shape index (κ3) is 2.72. The summed E-state index contributed by atoms with van der Waals surface area (Å²) in [5.74, 6) is 1.48. The zero-order valence-corrected chi connectivity index (χ0v) is 10.9. The summed E-state index contributed by atoms with van der Waals surface area (Å²) in [7, 11) is 1.91. The molecule has 0 spiro atoms. The van der Waals surface area contributed by atoms with E-state index in [0.717, 1.165) is 24.1 Å². The van der Waals surface area contributed by atoms with Gasteiger partial charge in [0.15, 0.2) is 0 Å². The number of fused-ring (bicyclic) bond motifs is 1. The van der Waals surface area contributed by atoms with Gasteiger partial charge in [-0.05, 0) is 19.9 Å². The number of carbonyl (C=O) groups excluding carboxylic acids is 1. The minimum absolute atomic E-state index is 0.353. The van der Waals surface area contributed by atoms with E-state index >= 15 is 0 Å². The zero-order chi connectivity index (χ0) is 11.4. The molecule has 2 rings (SSSR count). The van der Waals surface area contributed by atoms with Crippen molar-refractivity contribution in [3.05, 3.63) is 0 Å². The van der Waals surface area contributed by atoms with Crippen molar-refractivity contribution >= 4 is 17.7 Å². The number of carbonyl (C=O) groups is 1. The lowest BCUT2D eigenvalue weighted by molar-refractivity contribution is -0.133. The Bertz CT molecular complexity index is 245. The summed E-state index contributed by atoms with van der Waals surface area (Å²) >= 11 is 2.08. The second-order valence-corrected chi connectivity index (χ2v) is 6.05. The second kappa shape index (κ2) is 5.92. The van der Waals surface area contributed by atoms with Crippen LogP contribution in [0.25, 0.3) is 0 Å². The van der Waals surface area contributed by atoms with Crippen LogP contribution >= 0.6 is 11.8 Å². The van der Waals surface area contributed by atoms with Crippen molar-refractivity contribution in [3.8, 4) is 0 Å². The molecule has 1 N–H and O–H groups in total. The van der Waals surface area contributed by atoms with Gasteiger partial charge in [-0.2, -0.15) is 11.8 Å². The Balaban J connectivity index is 1.93. The summed E-state index contributed by atoms with van der Waals surface area (Å²) in [5.41, 5.74) is 0. The van der Waals surface area contributed by atoms with Crippen LogP contribution in [0.2, 0.25) is 0 Å². The zero-order valence-electron chi connectivity index (χ0n) is 10.1. The first-order valence-electron chi connectivity index (χ1n) is 6.38. The minimum Gasteiger partial charge on any atom is -0.338 e. The van der Waals surface area contributed by atoms with Gasteiger partial charge in [-0.15, -0.1) is 0 Å². The maximum atomic E-state index is 12.1. The molecular weight excluding hydrogens is 220 g/mol. The molecule has 92 valence electrons. The molecule has 0 bridgehead atoms. The highest BCUT2D eigenvalue weighted by atomic mass is 32.2. The summed E-state index contributed by atoms with van der Waals surface area (Å²) in [6.45, 7) is 1.77. The summed E-state index contributed by atoms with van der Waals surface area (Å²) in [5, 5.41) is 3.78. The van der Waals surface area contributed by atoms with E-state index in [0.29, 0.717) is 18.4 Å². The molecule has 2 unspecified atom stereocenters. The van der Waals surface area contributed by atoms with Crippen LogP contribution < -0.4 is 5.32 Å². The highest BCUT2D eigenvalue weighted by Gasteiger charge is 2.35. The Kier molecular flexibility index (Phi) is 4.53. The van der Waals surface area contributed by atoms with Gasteiger partial charge in [0.1, 0.15) is 0 Å². The molecule has 1 aliphatic heterocycles. The van der Waals surface area contributed by atoms with Crippen LogP contribution in [0.15, 0.2) is 0 Å². The molecule has 0 aromatic carbocycles. The van der Waals surface area contributed by atoms with Crippen LogP contribution in [-0.2, 0) is 4.79 Å². The molecule has 0 aromatic heterocycles. The number of amides is 1. The van der Waals surface area contributed by atoms with Crippen molar-refractivity contribution in [2.75, 3.05) is 25.9 Å². The normalized spacial score (nSPS) is 29.9. The van der Waals surface area contributed by atoms with Gasteiger partial charge in [-0.3, -0.25) is 4.79 Å². The topological polar surface area (TPSA) is 32.3 Å².